The van der Waals surface area contributed by atoms with Gasteiger partial charge in [-0.1, -0.05) is 56.5 Å². The highest BCUT2D eigenvalue weighted by atomic mass is 35.5. The van der Waals surface area contributed by atoms with Crippen LogP contribution in [0.2, 0.25) is 5.02 Å². The van der Waals surface area contributed by atoms with Gasteiger partial charge in [0.25, 0.3) is 0 Å². The zero-order valence-corrected chi connectivity index (χ0v) is 10.1. The van der Waals surface area contributed by atoms with Crippen LogP contribution in [-0.2, 0) is 0 Å². The number of hydrogen-bond acceptors (Lipinski definition) is 0. The van der Waals surface area contributed by atoms with Crippen molar-refractivity contribution in [1.82, 2.24) is 0 Å². The van der Waals surface area contributed by atoms with Crippen LogP contribution in [-0.4, -0.2) is 0 Å². The van der Waals surface area contributed by atoms with Gasteiger partial charge in [-0.15, -0.1) is 0 Å². The van der Waals surface area contributed by atoms with Gasteiger partial charge in [-0.25, -0.2) is 0 Å². The molecular formula is C13H19Cl. The molecule has 0 saturated carbocycles. The van der Waals surface area contributed by atoms with Crippen LogP contribution < -0.4 is 0 Å². The molecular weight excluding hydrogens is 192 g/mol. The summed E-state index contributed by atoms with van der Waals surface area (Å²) in [5, 5.41) is 0.955. The number of hydrogen-bond donors (Lipinski definition) is 0. The van der Waals surface area contributed by atoms with Gasteiger partial charge >= 0.3 is 0 Å². The molecule has 0 bridgehead atoms. The Labute approximate surface area is 92.3 Å². The van der Waals surface area contributed by atoms with Crippen molar-refractivity contribution in [2.24, 2.45) is 0 Å². The van der Waals surface area contributed by atoms with Crippen molar-refractivity contribution in [2.75, 3.05) is 0 Å². The first-order valence-corrected chi connectivity index (χ1v) is 5.79. The molecule has 78 valence electrons. The molecule has 0 amide bonds. The number of benzene rings is 1. The number of halogens is 1. The maximum absolute atomic E-state index is 6.27. The minimum atomic E-state index is 0.586. The number of unbranched alkanes of at least 4 members (excludes halogenated alkanes) is 1. The van der Waals surface area contributed by atoms with Crippen LogP contribution in [0.15, 0.2) is 18.2 Å². The fourth-order valence-corrected chi connectivity index (χ4v) is 2.03. The number of rotatable bonds is 4. The molecule has 0 aliphatic rings. The van der Waals surface area contributed by atoms with E-state index in [4.69, 9.17) is 11.6 Å². The quantitative estimate of drug-likeness (QED) is 0.660. The van der Waals surface area contributed by atoms with Gasteiger partial charge in [0.1, 0.15) is 0 Å². The highest BCUT2D eigenvalue weighted by Crippen LogP contribution is 2.30. The first kappa shape index (κ1) is 11.6. The maximum Gasteiger partial charge on any atom is 0.0469 e. The first-order chi connectivity index (χ1) is 6.66. The van der Waals surface area contributed by atoms with Crippen molar-refractivity contribution in [3.8, 4) is 0 Å². The van der Waals surface area contributed by atoms with Crippen LogP contribution in [0.4, 0.5) is 0 Å². The fraction of sp³-hybridized carbons (Fsp3) is 0.538. The molecule has 0 N–H and O–H groups in total. The van der Waals surface area contributed by atoms with Gasteiger partial charge in [0.15, 0.2) is 0 Å². The standard InChI is InChI=1S/C13H19Cl/c1-4-5-7-10(2)12-9-6-8-11(3)13(12)14/h6,8-10H,4-5,7H2,1-3H3. The molecule has 14 heavy (non-hydrogen) atoms. The van der Waals surface area contributed by atoms with Gasteiger partial charge in [-0.2, -0.15) is 0 Å². The van der Waals surface area contributed by atoms with Crippen molar-refractivity contribution in [3.63, 3.8) is 0 Å². The third kappa shape index (κ3) is 2.75. The molecule has 1 heteroatoms. The van der Waals surface area contributed by atoms with Gasteiger partial charge in [-0.3, -0.25) is 0 Å². The van der Waals surface area contributed by atoms with Crippen LogP contribution in [0.3, 0.4) is 0 Å². The highest BCUT2D eigenvalue weighted by Gasteiger charge is 2.09. The van der Waals surface area contributed by atoms with Gasteiger partial charge in [-0.05, 0) is 30.4 Å². The normalized spacial score (nSPS) is 12.9. The van der Waals surface area contributed by atoms with Crippen LogP contribution in [0.1, 0.15) is 50.2 Å². The highest BCUT2D eigenvalue weighted by molar-refractivity contribution is 6.32. The predicted molar refractivity (Wildman–Crippen MR) is 64.1 cm³/mol. The summed E-state index contributed by atoms with van der Waals surface area (Å²) in [6.07, 6.45) is 3.78. The SMILES string of the molecule is CCCCC(C)c1cccc(C)c1Cl. The summed E-state index contributed by atoms with van der Waals surface area (Å²) >= 11 is 6.27. The second kappa shape index (κ2) is 5.41. The summed E-state index contributed by atoms with van der Waals surface area (Å²) in [7, 11) is 0. The van der Waals surface area contributed by atoms with Crippen molar-refractivity contribution in [2.45, 2.75) is 46.0 Å². The number of aryl methyl sites for hydroxylation is 1. The molecule has 0 aliphatic heterocycles. The van der Waals surface area contributed by atoms with Crippen molar-refractivity contribution in [3.05, 3.63) is 34.3 Å². The predicted octanol–water partition coefficient (Wildman–Crippen LogP) is 4.94. The van der Waals surface area contributed by atoms with E-state index in [1.54, 1.807) is 0 Å². The minimum Gasteiger partial charge on any atom is -0.0837 e. The van der Waals surface area contributed by atoms with E-state index >= 15 is 0 Å². The largest absolute Gasteiger partial charge is 0.0837 e. The zero-order chi connectivity index (χ0) is 10.6. The van der Waals surface area contributed by atoms with Crippen molar-refractivity contribution in [1.29, 1.82) is 0 Å². The molecule has 1 aromatic rings. The summed E-state index contributed by atoms with van der Waals surface area (Å²) in [6, 6.07) is 6.31. The first-order valence-electron chi connectivity index (χ1n) is 5.41. The summed E-state index contributed by atoms with van der Waals surface area (Å²) < 4.78 is 0. The van der Waals surface area contributed by atoms with Crippen LogP contribution in [0.25, 0.3) is 0 Å². The summed E-state index contributed by atoms with van der Waals surface area (Å²) in [6.45, 7) is 6.55. The van der Waals surface area contributed by atoms with Gasteiger partial charge in [0, 0.05) is 5.02 Å². The molecule has 1 atom stereocenters. The van der Waals surface area contributed by atoms with Gasteiger partial charge in [0.2, 0.25) is 0 Å². The lowest BCUT2D eigenvalue weighted by molar-refractivity contribution is 0.624. The Morgan fingerprint density at radius 1 is 1.36 bits per heavy atom. The second-order valence-electron chi connectivity index (χ2n) is 4.02. The average molecular weight is 211 g/mol. The van der Waals surface area contributed by atoms with Crippen molar-refractivity contribution >= 4 is 11.6 Å². The Morgan fingerprint density at radius 3 is 2.71 bits per heavy atom. The van der Waals surface area contributed by atoms with E-state index in [1.165, 1.54) is 30.4 Å². The lowest BCUT2D eigenvalue weighted by Crippen LogP contribution is -1.95. The fourth-order valence-electron chi connectivity index (χ4n) is 1.72. The monoisotopic (exact) mass is 210 g/mol. The molecule has 0 saturated heterocycles. The van der Waals surface area contributed by atoms with Crippen LogP contribution in [0.5, 0.6) is 0 Å². The lowest BCUT2D eigenvalue weighted by atomic mass is 9.94. The Morgan fingerprint density at radius 2 is 2.07 bits per heavy atom. The molecule has 0 spiro atoms. The van der Waals surface area contributed by atoms with E-state index in [-0.39, 0.29) is 0 Å². The van der Waals surface area contributed by atoms with Gasteiger partial charge < -0.3 is 0 Å². The molecule has 1 rings (SSSR count). The Hall–Kier alpha value is -0.490. The molecule has 1 aromatic carbocycles. The summed E-state index contributed by atoms with van der Waals surface area (Å²) in [5.41, 5.74) is 2.49. The topological polar surface area (TPSA) is 0 Å². The Bertz CT molecular complexity index is 291. The Balaban J connectivity index is 2.79. The molecule has 0 nitrogen and oxygen atoms in total. The van der Waals surface area contributed by atoms with E-state index in [2.05, 4.69) is 39.0 Å². The second-order valence-corrected chi connectivity index (χ2v) is 4.40. The van der Waals surface area contributed by atoms with E-state index in [9.17, 15) is 0 Å². The molecule has 1 unspecified atom stereocenters. The van der Waals surface area contributed by atoms with Crippen LogP contribution >= 0.6 is 11.6 Å². The van der Waals surface area contributed by atoms with Crippen molar-refractivity contribution < 1.29 is 0 Å². The maximum atomic E-state index is 6.27. The van der Waals surface area contributed by atoms with Crippen LogP contribution in [0, 0.1) is 6.92 Å². The van der Waals surface area contributed by atoms with Gasteiger partial charge in [0.05, 0.1) is 0 Å². The Kier molecular flexibility index (Phi) is 4.47. The van der Waals surface area contributed by atoms with E-state index in [1.807, 2.05) is 0 Å². The molecule has 0 radical (unpaired) electrons. The summed E-state index contributed by atoms with van der Waals surface area (Å²) in [4.78, 5) is 0. The smallest absolute Gasteiger partial charge is 0.0469 e. The zero-order valence-electron chi connectivity index (χ0n) is 9.31. The molecule has 0 aliphatic carbocycles. The molecule has 0 fully saturated rings. The van der Waals surface area contributed by atoms with E-state index < -0.39 is 0 Å². The minimum absolute atomic E-state index is 0.586. The third-order valence-corrected chi connectivity index (χ3v) is 3.26. The summed E-state index contributed by atoms with van der Waals surface area (Å²) in [5.74, 6) is 0.586. The average Bonchev–Trinajstić information content (AvgIpc) is 2.18. The van der Waals surface area contributed by atoms with E-state index in [0.717, 1.165) is 5.02 Å². The lowest BCUT2D eigenvalue weighted by Gasteiger charge is -2.14. The molecule has 0 aromatic heterocycles. The molecule has 0 heterocycles. The van der Waals surface area contributed by atoms with E-state index in [0.29, 0.717) is 5.92 Å². The third-order valence-electron chi connectivity index (χ3n) is 2.74.